The third-order valence-corrected chi connectivity index (χ3v) is 3.66. The van der Waals surface area contributed by atoms with Crippen molar-refractivity contribution in [3.63, 3.8) is 0 Å². The van der Waals surface area contributed by atoms with Crippen LogP contribution in [0.2, 0.25) is 0 Å². The number of hydrogen-bond donors (Lipinski definition) is 1. The fourth-order valence-corrected chi connectivity index (χ4v) is 1.78. The van der Waals surface area contributed by atoms with Crippen molar-refractivity contribution in [2.45, 2.75) is 26.4 Å². The van der Waals surface area contributed by atoms with E-state index in [-0.39, 0.29) is 5.82 Å². The molecule has 0 aliphatic heterocycles. The summed E-state index contributed by atoms with van der Waals surface area (Å²) in [7, 11) is 0. The topological polar surface area (TPSA) is 12.0 Å². The van der Waals surface area contributed by atoms with Crippen molar-refractivity contribution in [2.24, 2.45) is 5.92 Å². The second kappa shape index (κ2) is 6.23. The second-order valence-corrected chi connectivity index (χ2v) is 4.58. The van der Waals surface area contributed by atoms with Gasteiger partial charge in [-0.1, -0.05) is 35.0 Å². The third kappa shape index (κ3) is 4.31. The lowest BCUT2D eigenvalue weighted by Gasteiger charge is -2.19. The van der Waals surface area contributed by atoms with Crippen LogP contribution in [0.1, 0.15) is 19.4 Å². The van der Waals surface area contributed by atoms with Crippen LogP contribution in [-0.2, 0) is 6.54 Å². The van der Waals surface area contributed by atoms with Gasteiger partial charge in [0.25, 0.3) is 0 Å². The van der Waals surface area contributed by atoms with Gasteiger partial charge in [-0.25, -0.2) is 4.39 Å². The highest BCUT2D eigenvalue weighted by molar-refractivity contribution is 9.09. The molecule has 2 unspecified atom stereocenters. The number of rotatable bonds is 5. The van der Waals surface area contributed by atoms with Gasteiger partial charge in [-0.15, -0.1) is 0 Å². The zero-order chi connectivity index (χ0) is 11.3. The van der Waals surface area contributed by atoms with Crippen LogP contribution in [0.5, 0.6) is 0 Å². The van der Waals surface area contributed by atoms with Crippen molar-refractivity contribution in [1.82, 2.24) is 5.32 Å². The lowest BCUT2D eigenvalue weighted by molar-refractivity contribution is 0.433. The van der Waals surface area contributed by atoms with Crippen LogP contribution in [-0.4, -0.2) is 11.4 Å². The van der Waals surface area contributed by atoms with E-state index < -0.39 is 0 Å². The first kappa shape index (κ1) is 12.7. The molecular weight excluding hydrogens is 257 g/mol. The molecule has 0 bridgehead atoms. The van der Waals surface area contributed by atoms with Crippen molar-refractivity contribution < 1.29 is 4.39 Å². The Morgan fingerprint density at radius 2 is 1.87 bits per heavy atom. The summed E-state index contributed by atoms with van der Waals surface area (Å²) in [6, 6.07) is 7.07. The van der Waals surface area contributed by atoms with Gasteiger partial charge in [0.2, 0.25) is 0 Å². The summed E-state index contributed by atoms with van der Waals surface area (Å²) in [4.78, 5) is 0. The molecule has 0 radical (unpaired) electrons. The van der Waals surface area contributed by atoms with E-state index in [9.17, 15) is 4.39 Å². The first-order valence-electron chi connectivity index (χ1n) is 5.17. The molecule has 1 aromatic carbocycles. The number of halogens is 2. The van der Waals surface area contributed by atoms with Gasteiger partial charge < -0.3 is 5.32 Å². The lowest BCUT2D eigenvalue weighted by atomic mass is 10.1. The maximum atomic E-state index is 12.6. The minimum Gasteiger partial charge on any atom is -0.310 e. The molecule has 0 saturated heterocycles. The minimum absolute atomic E-state index is 0.180. The van der Waals surface area contributed by atoms with E-state index in [0.29, 0.717) is 12.0 Å². The maximum absolute atomic E-state index is 12.6. The largest absolute Gasteiger partial charge is 0.310 e. The standard InChI is InChI=1S/C12H17BrFN/c1-9(7-13)10(2)15-8-11-3-5-12(14)6-4-11/h3-6,9-10,15H,7-8H2,1-2H3. The normalized spacial score (nSPS) is 14.9. The van der Waals surface area contributed by atoms with Crippen LogP contribution in [0.4, 0.5) is 4.39 Å². The highest BCUT2D eigenvalue weighted by atomic mass is 79.9. The number of nitrogens with one attached hydrogen (secondary N) is 1. The van der Waals surface area contributed by atoms with Gasteiger partial charge in [-0.2, -0.15) is 0 Å². The van der Waals surface area contributed by atoms with Gasteiger partial charge in [0.1, 0.15) is 5.82 Å². The van der Waals surface area contributed by atoms with E-state index >= 15 is 0 Å². The first-order chi connectivity index (χ1) is 7.13. The summed E-state index contributed by atoms with van der Waals surface area (Å²) in [5.74, 6) is 0.408. The molecule has 0 aromatic heterocycles. The summed E-state index contributed by atoms with van der Waals surface area (Å²) in [6.45, 7) is 5.14. The fraction of sp³-hybridized carbons (Fsp3) is 0.500. The van der Waals surface area contributed by atoms with Crippen molar-refractivity contribution >= 4 is 15.9 Å². The summed E-state index contributed by atoms with van der Waals surface area (Å²) in [5.41, 5.74) is 1.12. The van der Waals surface area contributed by atoms with Crippen LogP contribution < -0.4 is 5.32 Å². The summed E-state index contributed by atoms with van der Waals surface area (Å²) in [6.07, 6.45) is 0. The Morgan fingerprint density at radius 1 is 1.27 bits per heavy atom. The van der Waals surface area contributed by atoms with Crippen molar-refractivity contribution in [3.8, 4) is 0 Å². The molecule has 1 nitrogen and oxygen atoms in total. The zero-order valence-electron chi connectivity index (χ0n) is 9.13. The van der Waals surface area contributed by atoms with Crippen LogP contribution >= 0.6 is 15.9 Å². The van der Waals surface area contributed by atoms with Gasteiger partial charge in [0, 0.05) is 17.9 Å². The van der Waals surface area contributed by atoms with E-state index in [1.165, 1.54) is 12.1 Å². The Bertz CT molecular complexity index is 286. The molecular formula is C12H17BrFN. The lowest BCUT2D eigenvalue weighted by Crippen LogP contribution is -2.32. The molecule has 84 valence electrons. The summed E-state index contributed by atoms with van der Waals surface area (Å²) < 4.78 is 12.6. The van der Waals surface area contributed by atoms with Gasteiger partial charge in [-0.05, 0) is 30.5 Å². The maximum Gasteiger partial charge on any atom is 0.123 e. The minimum atomic E-state index is -0.180. The van der Waals surface area contributed by atoms with Gasteiger partial charge in [-0.3, -0.25) is 0 Å². The number of benzene rings is 1. The van der Waals surface area contributed by atoms with Crippen molar-refractivity contribution in [3.05, 3.63) is 35.6 Å². The Kier molecular flexibility index (Phi) is 5.26. The van der Waals surface area contributed by atoms with E-state index in [1.807, 2.05) is 12.1 Å². The molecule has 0 aliphatic rings. The Morgan fingerprint density at radius 3 is 2.40 bits per heavy atom. The monoisotopic (exact) mass is 273 g/mol. The van der Waals surface area contributed by atoms with Crippen LogP contribution in [0, 0.1) is 11.7 Å². The van der Waals surface area contributed by atoms with E-state index in [0.717, 1.165) is 17.4 Å². The molecule has 0 heterocycles. The van der Waals surface area contributed by atoms with Gasteiger partial charge in [0.05, 0.1) is 0 Å². The molecule has 0 saturated carbocycles. The summed E-state index contributed by atoms with van der Waals surface area (Å²) in [5, 5.41) is 4.41. The molecule has 1 N–H and O–H groups in total. The average molecular weight is 274 g/mol. The quantitative estimate of drug-likeness (QED) is 0.812. The number of alkyl halides is 1. The molecule has 0 aliphatic carbocycles. The second-order valence-electron chi connectivity index (χ2n) is 3.93. The van der Waals surface area contributed by atoms with E-state index in [2.05, 4.69) is 35.1 Å². The molecule has 1 aromatic rings. The molecule has 2 atom stereocenters. The summed E-state index contributed by atoms with van der Waals surface area (Å²) >= 11 is 3.46. The zero-order valence-corrected chi connectivity index (χ0v) is 10.7. The van der Waals surface area contributed by atoms with Gasteiger partial charge in [0.15, 0.2) is 0 Å². The van der Waals surface area contributed by atoms with Crippen molar-refractivity contribution in [2.75, 3.05) is 5.33 Å². The Labute approximate surface area is 99.2 Å². The molecule has 0 amide bonds. The third-order valence-electron chi connectivity index (χ3n) is 2.64. The number of hydrogen-bond acceptors (Lipinski definition) is 1. The molecule has 1 rings (SSSR count). The average Bonchev–Trinajstić information content (AvgIpc) is 2.26. The molecule has 3 heteroatoms. The van der Waals surface area contributed by atoms with Crippen LogP contribution in [0.25, 0.3) is 0 Å². The predicted molar refractivity (Wildman–Crippen MR) is 65.7 cm³/mol. The highest BCUT2D eigenvalue weighted by Gasteiger charge is 2.09. The highest BCUT2D eigenvalue weighted by Crippen LogP contribution is 2.08. The molecule has 0 spiro atoms. The van der Waals surface area contributed by atoms with Crippen LogP contribution in [0.3, 0.4) is 0 Å². The molecule has 0 fully saturated rings. The van der Waals surface area contributed by atoms with Gasteiger partial charge >= 0.3 is 0 Å². The Balaban J connectivity index is 2.40. The predicted octanol–water partition coefficient (Wildman–Crippen LogP) is 3.33. The SMILES string of the molecule is CC(CBr)C(C)NCc1ccc(F)cc1. The van der Waals surface area contributed by atoms with E-state index in [4.69, 9.17) is 0 Å². The first-order valence-corrected chi connectivity index (χ1v) is 6.29. The smallest absolute Gasteiger partial charge is 0.123 e. The Hall–Kier alpha value is -0.410. The fourth-order valence-electron chi connectivity index (χ4n) is 1.22. The van der Waals surface area contributed by atoms with Crippen molar-refractivity contribution in [1.29, 1.82) is 0 Å². The molecule has 15 heavy (non-hydrogen) atoms. The van der Waals surface area contributed by atoms with Crippen LogP contribution in [0.15, 0.2) is 24.3 Å². The van der Waals surface area contributed by atoms with E-state index in [1.54, 1.807) is 0 Å².